The number of ketones is 1. The van der Waals surface area contributed by atoms with Crippen molar-refractivity contribution in [2.45, 2.75) is 62.4 Å². The molecule has 0 radical (unpaired) electrons. The van der Waals surface area contributed by atoms with Crippen LogP contribution in [0.3, 0.4) is 0 Å². The Balaban J connectivity index is 1.34. The molecule has 2 aromatic rings. The summed E-state index contributed by atoms with van der Waals surface area (Å²) >= 11 is 0. The highest BCUT2D eigenvalue weighted by Crippen LogP contribution is 2.60. The minimum atomic E-state index is -0.208. The lowest BCUT2D eigenvalue weighted by atomic mass is 9.50. The Hall–Kier alpha value is -2.57. The summed E-state index contributed by atoms with van der Waals surface area (Å²) in [5.74, 6) is 1.30. The summed E-state index contributed by atoms with van der Waals surface area (Å²) in [7, 11) is 0. The van der Waals surface area contributed by atoms with Gasteiger partial charge in [0.25, 0.3) is 5.91 Å². The molecule has 4 bridgehead atoms. The van der Waals surface area contributed by atoms with Crippen molar-refractivity contribution < 1.29 is 9.59 Å². The molecule has 4 saturated carbocycles. The van der Waals surface area contributed by atoms with Crippen LogP contribution in [0.15, 0.2) is 24.5 Å². The topological polar surface area (TPSA) is 89.8 Å². The van der Waals surface area contributed by atoms with Gasteiger partial charge in [-0.15, -0.1) is 10.2 Å². The Morgan fingerprint density at radius 1 is 1.14 bits per heavy atom. The molecule has 2 unspecified atom stereocenters. The van der Waals surface area contributed by atoms with E-state index in [9.17, 15) is 9.59 Å². The normalized spacial score (nSPS) is 35.2. The molecule has 7 heteroatoms. The number of hydrogen-bond acceptors (Lipinski definition) is 5. The van der Waals surface area contributed by atoms with Crippen LogP contribution in [0.4, 0.5) is 0 Å². The van der Waals surface area contributed by atoms with E-state index in [1.54, 1.807) is 0 Å². The molecule has 7 rings (SSSR count). The van der Waals surface area contributed by atoms with Crippen LogP contribution in [0, 0.1) is 11.8 Å². The maximum atomic E-state index is 13.3. The molecule has 1 aromatic heterocycles. The average Bonchev–Trinajstić information content (AvgIpc) is 3.31. The summed E-state index contributed by atoms with van der Waals surface area (Å²) in [5, 5.41) is 16.0. The van der Waals surface area contributed by atoms with Gasteiger partial charge in [0.1, 0.15) is 0 Å². The summed E-state index contributed by atoms with van der Waals surface area (Å²) in [6.07, 6.45) is 9.00. The first-order valence-corrected chi connectivity index (χ1v) is 10.3. The molecule has 4 atom stereocenters. The summed E-state index contributed by atoms with van der Waals surface area (Å²) in [6, 6.07) is 5.54. The molecule has 7 nitrogen and oxygen atoms in total. The van der Waals surface area contributed by atoms with E-state index in [0.29, 0.717) is 30.2 Å². The zero-order chi connectivity index (χ0) is 18.9. The minimum absolute atomic E-state index is 0.0322. The van der Waals surface area contributed by atoms with Gasteiger partial charge in [0, 0.05) is 23.1 Å². The predicted molar refractivity (Wildman–Crippen MR) is 99.8 cm³/mol. The molecule has 1 aromatic carbocycles. The van der Waals surface area contributed by atoms with Gasteiger partial charge in [0.15, 0.2) is 12.1 Å². The highest BCUT2D eigenvalue weighted by atomic mass is 16.2. The van der Waals surface area contributed by atoms with Gasteiger partial charge in [-0.3, -0.25) is 9.59 Å². The molecular formula is C21H23N5O2. The quantitative estimate of drug-likeness (QED) is 0.886. The first-order chi connectivity index (χ1) is 13.6. The van der Waals surface area contributed by atoms with Gasteiger partial charge in [0.2, 0.25) is 0 Å². The third-order valence-corrected chi connectivity index (χ3v) is 7.51. The molecule has 5 aliphatic rings. The van der Waals surface area contributed by atoms with Crippen LogP contribution < -0.4 is 5.32 Å². The van der Waals surface area contributed by atoms with Crippen LogP contribution in [-0.4, -0.2) is 37.4 Å². The molecule has 5 aliphatic carbocycles. The molecule has 0 spiro atoms. The number of nitrogens with zero attached hydrogens (tertiary/aromatic N) is 4. The number of Topliss-reactive ketones (excluding diaryl/α,β-unsaturated/α-hetero) is 1. The third kappa shape index (κ3) is 2.25. The van der Waals surface area contributed by atoms with E-state index in [0.717, 1.165) is 43.2 Å². The number of nitrogens with one attached hydrogen (secondary N) is 1. The van der Waals surface area contributed by atoms with E-state index in [1.807, 2.05) is 23.0 Å². The lowest BCUT2D eigenvalue weighted by Gasteiger charge is -2.61. The second-order valence-corrected chi connectivity index (χ2v) is 9.40. The molecule has 28 heavy (non-hydrogen) atoms. The number of rotatable bonds is 3. The van der Waals surface area contributed by atoms with E-state index in [2.05, 4.69) is 20.7 Å². The van der Waals surface area contributed by atoms with Crippen molar-refractivity contribution in [1.29, 1.82) is 0 Å². The fraction of sp³-hybridized carbons (Fsp3) is 0.571. The van der Waals surface area contributed by atoms with Gasteiger partial charge in [0.05, 0.1) is 5.54 Å². The summed E-state index contributed by atoms with van der Waals surface area (Å²) < 4.78 is 0. The molecule has 0 saturated heterocycles. The van der Waals surface area contributed by atoms with Crippen molar-refractivity contribution >= 4 is 11.7 Å². The lowest BCUT2D eigenvalue weighted by molar-refractivity contribution is -0.0810. The van der Waals surface area contributed by atoms with Crippen LogP contribution in [0.2, 0.25) is 0 Å². The highest BCUT2D eigenvalue weighted by molar-refractivity contribution is 6.05. The molecule has 4 fully saturated rings. The van der Waals surface area contributed by atoms with E-state index in [4.69, 9.17) is 0 Å². The number of fused-ring (bicyclic) bond motifs is 1. The number of amides is 1. The van der Waals surface area contributed by atoms with Crippen molar-refractivity contribution in [3.8, 4) is 0 Å². The minimum Gasteiger partial charge on any atom is -0.346 e. The van der Waals surface area contributed by atoms with Gasteiger partial charge in [-0.25, -0.2) is 0 Å². The number of benzene rings is 1. The Morgan fingerprint density at radius 2 is 1.96 bits per heavy atom. The summed E-state index contributed by atoms with van der Waals surface area (Å²) in [5.41, 5.74) is 1.98. The number of tetrazole rings is 1. The van der Waals surface area contributed by atoms with Crippen molar-refractivity contribution in [3.05, 3.63) is 41.2 Å². The molecule has 0 aliphatic heterocycles. The average molecular weight is 377 g/mol. The molecule has 1 amide bonds. The molecule has 144 valence electrons. The van der Waals surface area contributed by atoms with E-state index >= 15 is 0 Å². The summed E-state index contributed by atoms with van der Waals surface area (Å²) in [6.45, 7) is 0. The SMILES string of the molecule is O=C1CCc2c1cccc2C(=O)NC12C[C@H]3C[C@@H](C1)CC(n1ncnn1)(C3)C2. The number of carbonyl (C=O) groups excluding carboxylic acids is 2. The van der Waals surface area contributed by atoms with Gasteiger partial charge < -0.3 is 5.32 Å². The van der Waals surface area contributed by atoms with Crippen molar-refractivity contribution in [1.82, 2.24) is 25.5 Å². The number of aromatic nitrogens is 4. The Labute approximate surface area is 162 Å². The zero-order valence-corrected chi connectivity index (χ0v) is 15.7. The fourth-order valence-corrected chi connectivity index (χ4v) is 6.99. The molecule has 1 heterocycles. The van der Waals surface area contributed by atoms with Gasteiger partial charge in [-0.2, -0.15) is 4.80 Å². The van der Waals surface area contributed by atoms with E-state index in [-0.39, 0.29) is 22.8 Å². The van der Waals surface area contributed by atoms with Crippen molar-refractivity contribution in [2.24, 2.45) is 11.8 Å². The predicted octanol–water partition coefficient (Wildman–Crippen LogP) is 2.28. The largest absolute Gasteiger partial charge is 0.346 e. The van der Waals surface area contributed by atoms with Crippen molar-refractivity contribution in [3.63, 3.8) is 0 Å². The van der Waals surface area contributed by atoms with Crippen LogP contribution in [0.1, 0.15) is 71.2 Å². The number of carbonyl (C=O) groups is 2. The first-order valence-electron chi connectivity index (χ1n) is 10.3. The van der Waals surface area contributed by atoms with E-state index < -0.39 is 0 Å². The summed E-state index contributed by atoms with van der Waals surface area (Å²) in [4.78, 5) is 27.2. The smallest absolute Gasteiger partial charge is 0.252 e. The highest BCUT2D eigenvalue weighted by Gasteiger charge is 2.60. The van der Waals surface area contributed by atoms with Crippen LogP contribution in [-0.2, 0) is 12.0 Å². The monoisotopic (exact) mass is 377 g/mol. The Bertz CT molecular complexity index is 969. The van der Waals surface area contributed by atoms with E-state index in [1.165, 1.54) is 12.7 Å². The van der Waals surface area contributed by atoms with Crippen LogP contribution >= 0.6 is 0 Å². The number of hydrogen-bond donors (Lipinski definition) is 1. The lowest BCUT2D eigenvalue weighted by Crippen LogP contribution is -2.66. The van der Waals surface area contributed by atoms with Crippen molar-refractivity contribution in [2.75, 3.05) is 0 Å². The molecular weight excluding hydrogens is 354 g/mol. The zero-order valence-electron chi connectivity index (χ0n) is 15.7. The van der Waals surface area contributed by atoms with Gasteiger partial charge in [-0.05, 0) is 73.6 Å². The Morgan fingerprint density at radius 3 is 2.71 bits per heavy atom. The van der Waals surface area contributed by atoms with Gasteiger partial charge in [-0.1, -0.05) is 12.1 Å². The second kappa shape index (κ2) is 5.49. The maximum Gasteiger partial charge on any atom is 0.252 e. The Kier molecular flexibility index (Phi) is 3.21. The first kappa shape index (κ1) is 16.4. The van der Waals surface area contributed by atoms with Crippen LogP contribution in [0.5, 0.6) is 0 Å². The third-order valence-electron chi connectivity index (χ3n) is 7.51. The fourth-order valence-electron chi connectivity index (χ4n) is 6.99. The standard InChI is InChI=1S/C21H23N5O2/c27-18-5-4-15-16(18)2-1-3-17(15)19(28)24-20-7-13-6-14(8-20)10-21(9-13,11-20)26-23-12-22-25-26/h1-3,12-14H,4-11H2,(H,24,28)/t13-,14+,20?,21?. The second-order valence-electron chi connectivity index (χ2n) is 9.40. The van der Waals surface area contributed by atoms with Crippen LogP contribution in [0.25, 0.3) is 0 Å². The van der Waals surface area contributed by atoms with Gasteiger partial charge >= 0.3 is 0 Å². The maximum absolute atomic E-state index is 13.3. The molecule has 1 N–H and O–H groups in total.